The molecule has 3 aromatic rings. The van der Waals surface area contributed by atoms with Crippen molar-refractivity contribution in [1.82, 2.24) is 4.57 Å². The van der Waals surface area contributed by atoms with Gasteiger partial charge in [0.15, 0.2) is 5.58 Å². The second kappa shape index (κ2) is 5.60. The maximum absolute atomic E-state index is 13.6. The first-order chi connectivity index (χ1) is 11.2. The quantitative estimate of drug-likeness (QED) is 0.764. The van der Waals surface area contributed by atoms with Crippen molar-refractivity contribution in [2.75, 3.05) is 4.72 Å². The number of aryl methyl sites for hydroxylation is 1. The van der Waals surface area contributed by atoms with Gasteiger partial charge in [-0.25, -0.2) is 22.0 Å². The highest BCUT2D eigenvalue weighted by Gasteiger charge is 2.24. The molecule has 0 spiro atoms. The van der Waals surface area contributed by atoms with Gasteiger partial charge < -0.3 is 4.42 Å². The van der Waals surface area contributed by atoms with Crippen molar-refractivity contribution in [3.8, 4) is 0 Å². The number of para-hydroxylation sites is 1. The van der Waals surface area contributed by atoms with Crippen molar-refractivity contribution in [3.05, 3.63) is 57.5 Å². The summed E-state index contributed by atoms with van der Waals surface area (Å²) in [7, 11) is -3.00. The van der Waals surface area contributed by atoms with Crippen LogP contribution in [0.15, 0.2) is 44.4 Å². The second-order valence-electron chi connectivity index (χ2n) is 4.88. The summed E-state index contributed by atoms with van der Waals surface area (Å²) in [5.41, 5.74) is -0.578. The molecule has 0 saturated carbocycles. The van der Waals surface area contributed by atoms with Gasteiger partial charge in [-0.1, -0.05) is 17.7 Å². The third kappa shape index (κ3) is 2.65. The molecule has 0 aliphatic heterocycles. The van der Waals surface area contributed by atoms with E-state index in [2.05, 4.69) is 0 Å². The van der Waals surface area contributed by atoms with Gasteiger partial charge in [-0.3, -0.25) is 9.29 Å². The van der Waals surface area contributed by atoms with E-state index in [9.17, 15) is 22.0 Å². The molecule has 2 aromatic carbocycles. The monoisotopic (exact) mass is 374 g/mol. The fourth-order valence-electron chi connectivity index (χ4n) is 2.12. The molecule has 0 amide bonds. The molecular formula is C14H9ClF2N2O4S. The molecule has 6 nitrogen and oxygen atoms in total. The van der Waals surface area contributed by atoms with Crippen LogP contribution in [0, 0.1) is 11.6 Å². The number of rotatable bonds is 3. The summed E-state index contributed by atoms with van der Waals surface area (Å²) < 4.78 is 59.9. The standard InChI is InChI=1S/C14H9ClF2N2O4S/c1-19-10-5-7(15)12(6-11(10)23-14(19)20)24(21,22)18-13-8(16)3-2-4-9(13)17/h2-6,18H,1H3. The molecule has 0 atom stereocenters. The number of fused-ring (bicyclic) bond motifs is 1. The first-order valence-corrected chi connectivity index (χ1v) is 8.33. The van der Waals surface area contributed by atoms with Crippen molar-refractivity contribution in [2.24, 2.45) is 7.05 Å². The van der Waals surface area contributed by atoms with E-state index in [-0.39, 0.29) is 16.1 Å². The predicted molar refractivity (Wildman–Crippen MR) is 83.6 cm³/mol. The Morgan fingerprint density at radius 3 is 2.46 bits per heavy atom. The minimum absolute atomic E-state index is 0.0266. The summed E-state index contributed by atoms with van der Waals surface area (Å²) in [6, 6.07) is 5.14. The number of halogens is 3. The second-order valence-corrected chi connectivity index (χ2v) is 6.94. The number of nitrogens with one attached hydrogen (secondary N) is 1. The minimum Gasteiger partial charge on any atom is -0.408 e. The molecule has 0 radical (unpaired) electrons. The van der Waals surface area contributed by atoms with E-state index in [1.165, 1.54) is 13.1 Å². The fraction of sp³-hybridized carbons (Fsp3) is 0.0714. The summed E-state index contributed by atoms with van der Waals surface area (Å²) in [4.78, 5) is 11.0. The Morgan fingerprint density at radius 2 is 1.83 bits per heavy atom. The SMILES string of the molecule is Cn1c(=O)oc2cc(S(=O)(=O)Nc3c(F)cccc3F)c(Cl)cc21. The number of oxazole rings is 1. The highest BCUT2D eigenvalue weighted by Crippen LogP contribution is 2.29. The molecule has 3 rings (SSSR count). The number of aromatic nitrogens is 1. The number of nitrogens with zero attached hydrogens (tertiary/aromatic N) is 1. The van der Waals surface area contributed by atoms with Crippen molar-refractivity contribution < 1.29 is 21.6 Å². The molecule has 0 aliphatic carbocycles. The van der Waals surface area contributed by atoms with Crippen LogP contribution >= 0.6 is 11.6 Å². The third-order valence-electron chi connectivity index (χ3n) is 3.33. The van der Waals surface area contributed by atoms with Crippen LogP contribution in [0.5, 0.6) is 0 Å². The normalized spacial score (nSPS) is 11.8. The largest absolute Gasteiger partial charge is 0.419 e. The molecule has 0 unspecified atom stereocenters. The van der Waals surface area contributed by atoms with Gasteiger partial charge in [0.25, 0.3) is 10.0 Å². The molecule has 0 aliphatic rings. The number of anilines is 1. The van der Waals surface area contributed by atoms with Crippen LogP contribution in [-0.4, -0.2) is 13.0 Å². The van der Waals surface area contributed by atoms with Crippen LogP contribution in [0.25, 0.3) is 11.1 Å². The Bertz CT molecular complexity index is 1100. The zero-order valence-electron chi connectivity index (χ0n) is 12.0. The highest BCUT2D eigenvalue weighted by atomic mass is 35.5. The van der Waals surface area contributed by atoms with E-state index >= 15 is 0 Å². The lowest BCUT2D eigenvalue weighted by molar-refractivity contribution is 0.527. The molecule has 1 aromatic heterocycles. The van der Waals surface area contributed by atoms with Crippen LogP contribution in [0.4, 0.5) is 14.5 Å². The zero-order valence-corrected chi connectivity index (χ0v) is 13.6. The van der Waals surface area contributed by atoms with Gasteiger partial charge in [-0.2, -0.15) is 0 Å². The average Bonchev–Trinajstić information content (AvgIpc) is 2.77. The van der Waals surface area contributed by atoms with E-state index in [0.717, 1.165) is 28.8 Å². The highest BCUT2D eigenvalue weighted by molar-refractivity contribution is 7.92. The van der Waals surface area contributed by atoms with Crippen molar-refractivity contribution >= 4 is 38.4 Å². The lowest BCUT2D eigenvalue weighted by Gasteiger charge is -2.11. The Hall–Kier alpha value is -2.39. The topological polar surface area (TPSA) is 81.3 Å². The van der Waals surface area contributed by atoms with Crippen molar-refractivity contribution in [1.29, 1.82) is 0 Å². The van der Waals surface area contributed by atoms with Crippen LogP contribution in [0.2, 0.25) is 5.02 Å². The first-order valence-electron chi connectivity index (χ1n) is 6.46. The number of hydrogen-bond acceptors (Lipinski definition) is 4. The van der Waals surface area contributed by atoms with Gasteiger partial charge in [0.1, 0.15) is 22.2 Å². The zero-order chi connectivity index (χ0) is 17.6. The first kappa shape index (κ1) is 16.5. The van der Waals surface area contributed by atoms with Crippen LogP contribution < -0.4 is 10.5 Å². The minimum atomic E-state index is -4.42. The lowest BCUT2D eigenvalue weighted by Crippen LogP contribution is -2.15. The summed E-state index contributed by atoms with van der Waals surface area (Å²) in [5.74, 6) is -2.87. The molecule has 0 fully saturated rings. The molecule has 0 bridgehead atoms. The van der Waals surface area contributed by atoms with Gasteiger partial charge in [-0.05, 0) is 18.2 Å². The Morgan fingerprint density at radius 1 is 1.21 bits per heavy atom. The van der Waals surface area contributed by atoms with Gasteiger partial charge in [-0.15, -0.1) is 0 Å². The van der Waals surface area contributed by atoms with Gasteiger partial charge in [0.05, 0.1) is 10.5 Å². The number of benzene rings is 2. The Labute approximate surface area is 139 Å². The molecule has 24 heavy (non-hydrogen) atoms. The van der Waals surface area contributed by atoms with Crippen molar-refractivity contribution in [3.63, 3.8) is 0 Å². The maximum atomic E-state index is 13.6. The van der Waals surface area contributed by atoms with E-state index < -0.39 is 38.0 Å². The average molecular weight is 375 g/mol. The molecule has 10 heteroatoms. The molecular weight excluding hydrogens is 366 g/mol. The van der Waals surface area contributed by atoms with Crippen LogP contribution in [0.1, 0.15) is 0 Å². The molecule has 126 valence electrons. The summed E-state index contributed by atoms with van der Waals surface area (Å²) >= 11 is 5.95. The van der Waals surface area contributed by atoms with Gasteiger partial charge in [0.2, 0.25) is 0 Å². The Balaban J connectivity index is 2.15. The third-order valence-corrected chi connectivity index (χ3v) is 5.15. The number of sulfonamides is 1. The van der Waals surface area contributed by atoms with E-state index in [1.54, 1.807) is 0 Å². The molecule has 1 heterocycles. The Kier molecular flexibility index (Phi) is 3.84. The predicted octanol–water partition coefficient (Wildman–Crippen LogP) is 2.86. The summed E-state index contributed by atoms with van der Waals surface area (Å²) in [6.45, 7) is 0. The fourth-order valence-corrected chi connectivity index (χ4v) is 3.73. The van der Waals surface area contributed by atoms with Gasteiger partial charge in [0, 0.05) is 13.1 Å². The summed E-state index contributed by atoms with van der Waals surface area (Å²) in [5, 5.41) is -0.233. The van der Waals surface area contributed by atoms with E-state index in [1.807, 2.05) is 4.72 Å². The van der Waals surface area contributed by atoms with E-state index in [4.69, 9.17) is 16.0 Å². The number of hydrogen-bond donors (Lipinski definition) is 1. The van der Waals surface area contributed by atoms with Crippen molar-refractivity contribution in [2.45, 2.75) is 4.90 Å². The van der Waals surface area contributed by atoms with Crippen LogP contribution in [0.3, 0.4) is 0 Å². The lowest BCUT2D eigenvalue weighted by atomic mass is 10.3. The molecule has 0 saturated heterocycles. The van der Waals surface area contributed by atoms with Gasteiger partial charge >= 0.3 is 5.76 Å². The summed E-state index contributed by atoms with van der Waals surface area (Å²) in [6.07, 6.45) is 0. The van der Waals surface area contributed by atoms with E-state index in [0.29, 0.717) is 0 Å². The molecule has 1 N–H and O–H groups in total. The smallest absolute Gasteiger partial charge is 0.408 e. The van der Waals surface area contributed by atoms with Crippen LogP contribution in [-0.2, 0) is 17.1 Å². The maximum Gasteiger partial charge on any atom is 0.419 e.